The third kappa shape index (κ3) is 2.12. The topological polar surface area (TPSA) is 49.5 Å². The summed E-state index contributed by atoms with van der Waals surface area (Å²) in [5.41, 5.74) is 0.413. The summed E-state index contributed by atoms with van der Waals surface area (Å²) in [7, 11) is 1.76. The Balaban J connectivity index is 2.90. The number of nitrogens with zero attached hydrogens (tertiary/aromatic N) is 1. The van der Waals surface area contributed by atoms with Gasteiger partial charge in [-0.15, -0.1) is 0 Å². The monoisotopic (exact) mass is 194 g/mol. The van der Waals surface area contributed by atoms with Crippen molar-refractivity contribution < 1.29 is 5.11 Å². The molecule has 0 aromatic heterocycles. The number of aliphatic hydroxyl groups is 1. The van der Waals surface area contributed by atoms with Crippen LogP contribution in [-0.4, -0.2) is 22.7 Å². The van der Waals surface area contributed by atoms with Crippen molar-refractivity contribution in [3.8, 4) is 0 Å². The lowest BCUT2D eigenvalue weighted by atomic mass is 9.91. The van der Waals surface area contributed by atoms with E-state index in [0.717, 1.165) is 5.56 Å². The maximum atomic E-state index is 10.1. The first kappa shape index (κ1) is 11.2. The van der Waals surface area contributed by atoms with Crippen LogP contribution in [-0.2, 0) is 0 Å². The first-order valence-electron chi connectivity index (χ1n) is 4.68. The van der Waals surface area contributed by atoms with E-state index in [4.69, 9.17) is 5.84 Å². The van der Waals surface area contributed by atoms with Crippen LogP contribution in [0, 0.1) is 0 Å². The summed E-state index contributed by atoms with van der Waals surface area (Å²) in [6, 6.07) is 9.54. The van der Waals surface area contributed by atoms with Gasteiger partial charge in [-0.25, -0.2) is 5.01 Å². The van der Waals surface area contributed by atoms with Crippen molar-refractivity contribution in [2.24, 2.45) is 5.84 Å². The molecule has 0 spiro atoms. The van der Waals surface area contributed by atoms with E-state index in [-0.39, 0.29) is 0 Å². The van der Waals surface area contributed by atoms with Gasteiger partial charge in [0.25, 0.3) is 0 Å². The van der Waals surface area contributed by atoms with E-state index in [9.17, 15) is 5.11 Å². The van der Waals surface area contributed by atoms with Crippen molar-refractivity contribution in [3.63, 3.8) is 0 Å². The van der Waals surface area contributed by atoms with Crippen molar-refractivity contribution in [1.82, 2.24) is 5.01 Å². The zero-order valence-electron chi connectivity index (χ0n) is 8.94. The molecule has 0 bridgehead atoms. The molecule has 14 heavy (non-hydrogen) atoms. The van der Waals surface area contributed by atoms with Gasteiger partial charge in [-0.05, 0) is 19.4 Å². The molecular formula is C11H18N2O. The molecule has 1 aromatic rings. The van der Waals surface area contributed by atoms with Crippen LogP contribution in [0.15, 0.2) is 30.3 Å². The van der Waals surface area contributed by atoms with Crippen molar-refractivity contribution >= 4 is 0 Å². The highest BCUT2D eigenvalue weighted by atomic mass is 16.3. The second-order valence-corrected chi connectivity index (χ2v) is 4.08. The minimum absolute atomic E-state index is 0.471. The lowest BCUT2D eigenvalue weighted by Crippen LogP contribution is -2.50. The standard InChI is InChI=1S/C11H18N2O/c1-11(2,13(3)12)10(14)9-7-5-4-6-8-9/h4-8,10,14H,12H2,1-3H3. The number of hydrogen-bond donors (Lipinski definition) is 2. The van der Waals surface area contributed by atoms with Crippen molar-refractivity contribution in [2.75, 3.05) is 7.05 Å². The zero-order valence-corrected chi connectivity index (χ0v) is 8.94. The van der Waals surface area contributed by atoms with Gasteiger partial charge < -0.3 is 5.11 Å². The van der Waals surface area contributed by atoms with Crippen LogP contribution in [0.25, 0.3) is 0 Å². The second-order valence-electron chi connectivity index (χ2n) is 4.08. The zero-order chi connectivity index (χ0) is 10.8. The average Bonchev–Trinajstić information content (AvgIpc) is 2.17. The second kappa shape index (κ2) is 4.09. The Morgan fingerprint density at radius 1 is 1.29 bits per heavy atom. The summed E-state index contributed by atoms with van der Waals surface area (Å²) < 4.78 is 0. The summed E-state index contributed by atoms with van der Waals surface area (Å²) in [6.07, 6.45) is -0.585. The first-order chi connectivity index (χ1) is 6.46. The number of hydrazine groups is 1. The fourth-order valence-corrected chi connectivity index (χ4v) is 1.24. The Bertz CT molecular complexity index is 283. The van der Waals surface area contributed by atoms with Gasteiger partial charge in [-0.3, -0.25) is 5.84 Å². The third-order valence-electron chi connectivity index (χ3n) is 2.69. The number of likely N-dealkylation sites (N-methyl/N-ethyl adjacent to an activating group) is 1. The van der Waals surface area contributed by atoms with Crippen LogP contribution in [0.2, 0.25) is 0 Å². The van der Waals surface area contributed by atoms with Crippen molar-refractivity contribution in [1.29, 1.82) is 0 Å². The molecule has 1 atom stereocenters. The van der Waals surface area contributed by atoms with Crippen molar-refractivity contribution in [3.05, 3.63) is 35.9 Å². The molecule has 0 amide bonds. The molecule has 0 fully saturated rings. The largest absolute Gasteiger partial charge is 0.386 e. The van der Waals surface area contributed by atoms with Gasteiger partial charge in [0.1, 0.15) is 0 Å². The maximum Gasteiger partial charge on any atom is 0.0981 e. The summed E-state index contributed by atoms with van der Waals surface area (Å²) in [4.78, 5) is 0. The fraction of sp³-hybridized carbons (Fsp3) is 0.455. The van der Waals surface area contributed by atoms with Gasteiger partial charge in [-0.2, -0.15) is 0 Å². The van der Waals surface area contributed by atoms with Gasteiger partial charge in [0, 0.05) is 7.05 Å². The van der Waals surface area contributed by atoms with Gasteiger partial charge in [-0.1, -0.05) is 30.3 Å². The molecule has 78 valence electrons. The summed E-state index contributed by atoms with van der Waals surface area (Å²) in [5, 5.41) is 11.6. The molecule has 0 aliphatic carbocycles. The van der Waals surface area contributed by atoms with E-state index < -0.39 is 11.6 Å². The van der Waals surface area contributed by atoms with Gasteiger partial charge in [0.2, 0.25) is 0 Å². The SMILES string of the molecule is CN(N)C(C)(C)C(O)c1ccccc1. The summed E-state index contributed by atoms with van der Waals surface area (Å²) in [6.45, 7) is 3.81. The molecule has 0 aliphatic rings. The minimum atomic E-state index is -0.585. The number of aliphatic hydroxyl groups excluding tert-OH is 1. The van der Waals surface area contributed by atoms with E-state index in [1.54, 1.807) is 7.05 Å². The van der Waals surface area contributed by atoms with E-state index in [1.807, 2.05) is 44.2 Å². The molecule has 3 nitrogen and oxygen atoms in total. The number of nitrogens with two attached hydrogens (primary N) is 1. The molecule has 1 unspecified atom stereocenters. The Morgan fingerprint density at radius 2 is 1.79 bits per heavy atom. The molecule has 1 aromatic carbocycles. The van der Waals surface area contributed by atoms with Crippen LogP contribution >= 0.6 is 0 Å². The summed E-state index contributed by atoms with van der Waals surface area (Å²) >= 11 is 0. The van der Waals surface area contributed by atoms with Crippen LogP contribution in [0.5, 0.6) is 0 Å². The number of hydrogen-bond acceptors (Lipinski definition) is 3. The molecule has 3 N–H and O–H groups in total. The molecule has 0 saturated heterocycles. The molecule has 0 aliphatic heterocycles. The van der Waals surface area contributed by atoms with Gasteiger partial charge >= 0.3 is 0 Å². The highest BCUT2D eigenvalue weighted by Gasteiger charge is 2.31. The predicted molar refractivity (Wildman–Crippen MR) is 57.4 cm³/mol. The number of benzene rings is 1. The van der Waals surface area contributed by atoms with Crippen LogP contribution < -0.4 is 5.84 Å². The predicted octanol–water partition coefficient (Wildman–Crippen LogP) is 1.30. The van der Waals surface area contributed by atoms with E-state index in [0.29, 0.717) is 0 Å². The highest BCUT2D eigenvalue weighted by molar-refractivity contribution is 5.20. The molecular weight excluding hydrogens is 176 g/mol. The third-order valence-corrected chi connectivity index (χ3v) is 2.69. The summed E-state index contributed by atoms with van der Waals surface area (Å²) in [5.74, 6) is 5.68. The van der Waals surface area contributed by atoms with Crippen LogP contribution in [0.1, 0.15) is 25.5 Å². The smallest absolute Gasteiger partial charge is 0.0981 e. The van der Waals surface area contributed by atoms with Crippen LogP contribution in [0.4, 0.5) is 0 Å². The fourth-order valence-electron chi connectivity index (χ4n) is 1.24. The molecule has 0 radical (unpaired) electrons. The molecule has 3 heteroatoms. The highest BCUT2D eigenvalue weighted by Crippen LogP contribution is 2.27. The average molecular weight is 194 g/mol. The van der Waals surface area contributed by atoms with E-state index >= 15 is 0 Å². The van der Waals surface area contributed by atoms with Gasteiger partial charge in [0.15, 0.2) is 0 Å². The maximum absolute atomic E-state index is 10.1. The minimum Gasteiger partial charge on any atom is -0.386 e. The lowest BCUT2D eigenvalue weighted by Gasteiger charge is -2.36. The molecule has 0 saturated carbocycles. The van der Waals surface area contributed by atoms with E-state index in [2.05, 4.69) is 0 Å². The Labute approximate surface area is 85.1 Å². The number of rotatable bonds is 3. The molecule has 1 rings (SSSR count). The van der Waals surface area contributed by atoms with Crippen LogP contribution in [0.3, 0.4) is 0 Å². The van der Waals surface area contributed by atoms with E-state index in [1.165, 1.54) is 5.01 Å². The quantitative estimate of drug-likeness (QED) is 0.563. The Morgan fingerprint density at radius 3 is 2.21 bits per heavy atom. The van der Waals surface area contributed by atoms with Gasteiger partial charge in [0.05, 0.1) is 11.6 Å². The first-order valence-corrected chi connectivity index (χ1v) is 4.68. The Hall–Kier alpha value is -0.900. The molecule has 0 heterocycles. The van der Waals surface area contributed by atoms with Crippen molar-refractivity contribution in [2.45, 2.75) is 25.5 Å². The Kier molecular flexibility index (Phi) is 3.26. The lowest BCUT2D eigenvalue weighted by molar-refractivity contribution is 0.00232. The normalized spacial score (nSPS) is 14.4.